The summed E-state index contributed by atoms with van der Waals surface area (Å²) in [6.07, 6.45) is 2.01. The predicted octanol–water partition coefficient (Wildman–Crippen LogP) is 3.02. The summed E-state index contributed by atoms with van der Waals surface area (Å²) in [5, 5.41) is 27.4. The molecule has 0 aliphatic heterocycles. The molecule has 29 heavy (non-hydrogen) atoms. The molecule has 0 unspecified atom stereocenters. The highest BCUT2D eigenvalue weighted by Crippen LogP contribution is 2.27. The maximum absolute atomic E-state index is 12.6. The first kappa shape index (κ1) is 22.0. The molecule has 0 bridgehead atoms. The Kier molecular flexibility index (Phi) is 7.03. The highest BCUT2D eigenvalue weighted by Gasteiger charge is 2.18. The molecule has 2 rings (SSSR count). The lowest BCUT2D eigenvalue weighted by atomic mass is 10.1. The lowest BCUT2D eigenvalue weighted by molar-refractivity contribution is 0.402. The van der Waals surface area contributed by atoms with Crippen LogP contribution in [0.1, 0.15) is 24.5 Å². The fourth-order valence-corrected chi connectivity index (χ4v) is 3.54. The van der Waals surface area contributed by atoms with Gasteiger partial charge in [-0.25, -0.2) is 13.1 Å². The number of aromatic hydroxyl groups is 1. The third-order valence-electron chi connectivity index (χ3n) is 4.05. The Hall–Kier alpha value is -3.29. The number of pyridine rings is 1. The number of nitrogens with zero attached hydrogens (tertiary/aromatic N) is 4. The van der Waals surface area contributed by atoms with E-state index in [9.17, 15) is 23.6 Å². The van der Waals surface area contributed by atoms with Crippen LogP contribution in [0.25, 0.3) is 0 Å². The van der Waals surface area contributed by atoms with Gasteiger partial charge in [0.15, 0.2) is 5.69 Å². The van der Waals surface area contributed by atoms with Crippen molar-refractivity contribution in [2.75, 3.05) is 6.54 Å². The average molecular weight is 415 g/mol. The summed E-state index contributed by atoms with van der Waals surface area (Å²) in [4.78, 5) is 12.7. The number of hydrogen-bond acceptors (Lipinski definition) is 7. The molecule has 0 saturated heterocycles. The van der Waals surface area contributed by atoms with Gasteiger partial charge >= 0.3 is 0 Å². The number of azo groups is 1. The van der Waals surface area contributed by atoms with Crippen molar-refractivity contribution in [2.24, 2.45) is 10.2 Å². The van der Waals surface area contributed by atoms with E-state index in [4.69, 9.17) is 0 Å². The number of nitriles is 1. The van der Waals surface area contributed by atoms with Gasteiger partial charge in [0.25, 0.3) is 5.56 Å². The molecule has 0 amide bonds. The van der Waals surface area contributed by atoms with Crippen LogP contribution in [0.3, 0.4) is 0 Å². The molecule has 0 spiro atoms. The minimum absolute atomic E-state index is 0.0401. The topological polar surface area (TPSA) is 137 Å². The van der Waals surface area contributed by atoms with Gasteiger partial charge in [0.05, 0.1) is 10.6 Å². The molecule has 1 aromatic carbocycles. The fourth-order valence-electron chi connectivity index (χ4n) is 2.54. The van der Waals surface area contributed by atoms with Crippen molar-refractivity contribution in [3.63, 3.8) is 0 Å². The van der Waals surface area contributed by atoms with Crippen molar-refractivity contribution in [3.05, 3.63) is 58.4 Å². The molecular weight excluding hydrogens is 394 g/mol. The van der Waals surface area contributed by atoms with Crippen LogP contribution in [0.5, 0.6) is 5.88 Å². The van der Waals surface area contributed by atoms with Gasteiger partial charge in [-0.3, -0.25) is 9.36 Å². The summed E-state index contributed by atoms with van der Waals surface area (Å²) < 4.78 is 27.6. The Bertz CT molecular complexity index is 1140. The van der Waals surface area contributed by atoms with Crippen LogP contribution < -0.4 is 10.3 Å². The molecule has 2 aromatic rings. The first-order chi connectivity index (χ1) is 13.8. The zero-order chi connectivity index (χ0) is 21.6. The number of nitrogens with one attached hydrogen (secondary N) is 1. The SMILES string of the molecule is C=CCNS(=O)(=O)c1ccc(N=Nc2c(C)c(C#N)c(O)n(CCC)c2=O)cc1. The molecule has 0 aliphatic carbocycles. The molecule has 10 heteroatoms. The summed E-state index contributed by atoms with van der Waals surface area (Å²) in [6, 6.07) is 7.48. The van der Waals surface area contributed by atoms with E-state index in [0.717, 1.165) is 4.57 Å². The Morgan fingerprint density at radius 2 is 1.97 bits per heavy atom. The van der Waals surface area contributed by atoms with E-state index in [1.807, 2.05) is 13.0 Å². The Balaban J connectivity index is 2.42. The van der Waals surface area contributed by atoms with E-state index in [0.29, 0.717) is 12.1 Å². The second-order valence-electron chi connectivity index (χ2n) is 6.08. The number of rotatable bonds is 8. The third kappa shape index (κ3) is 4.77. The number of benzene rings is 1. The molecule has 1 heterocycles. The summed E-state index contributed by atoms with van der Waals surface area (Å²) in [7, 11) is -3.66. The summed E-state index contributed by atoms with van der Waals surface area (Å²) in [5.41, 5.74) is -0.115. The van der Waals surface area contributed by atoms with E-state index >= 15 is 0 Å². The molecule has 0 saturated carbocycles. The highest BCUT2D eigenvalue weighted by atomic mass is 32.2. The van der Waals surface area contributed by atoms with E-state index in [1.54, 1.807) is 0 Å². The number of hydrogen-bond donors (Lipinski definition) is 2. The monoisotopic (exact) mass is 415 g/mol. The van der Waals surface area contributed by atoms with Gasteiger partial charge in [-0.1, -0.05) is 13.0 Å². The highest BCUT2D eigenvalue weighted by molar-refractivity contribution is 7.89. The van der Waals surface area contributed by atoms with Crippen LogP contribution in [-0.4, -0.2) is 24.6 Å². The number of sulfonamides is 1. The lowest BCUT2D eigenvalue weighted by Gasteiger charge is -2.11. The summed E-state index contributed by atoms with van der Waals surface area (Å²) >= 11 is 0. The largest absolute Gasteiger partial charge is 0.493 e. The van der Waals surface area contributed by atoms with Crippen LogP contribution in [0.4, 0.5) is 11.4 Å². The minimum Gasteiger partial charge on any atom is -0.493 e. The zero-order valence-corrected chi connectivity index (χ0v) is 16.9. The smallest absolute Gasteiger partial charge is 0.281 e. The maximum Gasteiger partial charge on any atom is 0.281 e. The standard InChI is InChI=1S/C19H21N5O4S/c1-4-10-21-29(27,28)15-8-6-14(7-9-15)22-23-17-13(3)16(12-20)18(25)24(11-5-2)19(17)26/h4,6-9,21,25H,1,5,10-11H2,2-3H3. The maximum atomic E-state index is 12.6. The van der Waals surface area contributed by atoms with Crippen LogP contribution in [0.15, 0.2) is 56.8 Å². The van der Waals surface area contributed by atoms with Gasteiger partial charge < -0.3 is 5.11 Å². The van der Waals surface area contributed by atoms with Crippen molar-refractivity contribution in [1.82, 2.24) is 9.29 Å². The van der Waals surface area contributed by atoms with Crippen LogP contribution in [0, 0.1) is 18.3 Å². The molecule has 9 nitrogen and oxygen atoms in total. The normalized spacial score (nSPS) is 11.5. The van der Waals surface area contributed by atoms with E-state index in [-0.39, 0.29) is 34.8 Å². The van der Waals surface area contributed by atoms with Crippen LogP contribution in [-0.2, 0) is 16.6 Å². The Morgan fingerprint density at radius 1 is 1.31 bits per heavy atom. The van der Waals surface area contributed by atoms with Crippen molar-refractivity contribution >= 4 is 21.4 Å². The first-order valence-corrected chi connectivity index (χ1v) is 10.2. The molecule has 1 aromatic heterocycles. The molecule has 0 fully saturated rings. The summed E-state index contributed by atoms with van der Waals surface area (Å²) in [5.74, 6) is -0.391. The van der Waals surface area contributed by atoms with Crippen molar-refractivity contribution in [3.8, 4) is 11.9 Å². The van der Waals surface area contributed by atoms with Gasteiger partial charge in [0.2, 0.25) is 15.9 Å². The third-order valence-corrected chi connectivity index (χ3v) is 5.49. The second-order valence-corrected chi connectivity index (χ2v) is 7.84. The molecule has 152 valence electrons. The molecule has 0 aliphatic rings. The van der Waals surface area contributed by atoms with Gasteiger partial charge in [0.1, 0.15) is 11.6 Å². The molecule has 0 radical (unpaired) electrons. The molecule has 2 N–H and O–H groups in total. The van der Waals surface area contributed by atoms with Crippen molar-refractivity contribution in [2.45, 2.75) is 31.7 Å². The van der Waals surface area contributed by atoms with Crippen molar-refractivity contribution in [1.29, 1.82) is 5.26 Å². The minimum atomic E-state index is -3.66. The van der Waals surface area contributed by atoms with Gasteiger partial charge in [-0.05, 0) is 37.6 Å². The van der Waals surface area contributed by atoms with Gasteiger partial charge in [-0.2, -0.15) is 10.4 Å². The van der Waals surface area contributed by atoms with E-state index < -0.39 is 21.5 Å². The second kappa shape index (κ2) is 9.27. The van der Waals surface area contributed by atoms with Crippen LogP contribution in [0.2, 0.25) is 0 Å². The van der Waals surface area contributed by atoms with E-state index in [2.05, 4.69) is 21.5 Å². The predicted molar refractivity (Wildman–Crippen MR) is 108 cm³/mol. The number of aromatic nitrogens is 1. The zero-order valence-electron chi connectivity index (χ0n) is 16.1. The Morgan fingerprint density at radius 3 is 2.52 bits per heavy atom. The van der Waals surface area contributed by atoms with Crippen LogP contribution >= 0.6 is 0 Å². The summed E-state index contributed by atoms with van der Waals surface area (Å²) in [6.45, 7) is 7.13. The quantitative estimate of drug-likeness (QED) is 0.504. The fraction of sp³-hybridized carbons (Fsp3) is 0.263. The van der Waals surface area contributed by atoms with Gasteiger partial charge in [-0.15, -0.1) is 11.7 Å². The van der Waals surface area contributed by atoms with Gasteiger partial charge in [0, 0.05) is 18.7 Å². The average Bonchev–Trinajstić information content (AvgIpc) is 2.70. The first-order valence-electron chi connectivity index (χ1n) is 8.75. The Labute approximate surface area is 168 Å². The van der Waals surface area contributed by atoms with E-state index in [1.165, 1.54) is 37.3 Å². The molecule has 0 atom stereocenters. The molecular formula is C19H21N5O4S. The van der Waals surface area contributed by atoms with Crippen molar-refractivity contribution < 1.29 is 13.5 Å². The lowest BCUT2D eigenvalue weighted by Crippen LogP contribution is -2.23.